The summed E-state index contributed by atoms with van der Waals surface area (Å²) in [4.78, 5) is 0. The molecule has 0 atom stereocenters. The summed E-state index contributed by atoms with van der Waals surface area (Å²) in [6, 6.07) is 12.5. The van der Waals surface area contributed by atoms with E-state index in [1.54, 1.807) is 30.3 Å². The van der Waals surface area contributed by atoms with E-state index in [9.17, 15) is 12.8 Å². The fourth-order valence-corrected chi connectivity index (χ4v) is 3.49. The van der Waals surface area contributed by atoms with Gasteiger partial charge in [-0.05, 0) is 23.8 Å². The number of sulfone groups is 1. The number of hydrogen-bond acceptors (Lipinski definition) is 2. The Bertz CT molecular complexity index is 683. The van der Waals surface area contributed by atoms with Crippen LogP contribution in [-0.4, -0.2) is 8.42 Å². The van der Waals surface area contributed by atoms with E-state index in [2.05, 4.69) is 0 Å². The summed E-state index contributed by atoms with van der Waals surface area (Å²) >= 11 is 5.80. The summed E-state index contributed by atoms with van der Waals surface area (Å²) in [6.45, 7) is 0. The Kier molecular flexibility index (Phi) is 4.22. The number of halogens is 2. The first kappa shape index (κ1) is 14.0. The molecule has 0 aliphatic rings. The number of hydrogen-bond donors (Lipinski definition) is 0. The van der Waals surface area contributed by atoms with E-state index in [4.69, 9.17) is 11.6 Å². The Balaban J connectivity index is 2.18. The second kappa shape index (κ2) is 5.72. The fraction of sp³-hybridized carbons (Fsp3) is 0.143. The molecule has 5 heteroatoms. The van der Waals surface area contributed by atoms with Crippen LogP contribution in [0.1, 0.15) is 11.1 Å². The first-order chi connectivity index (χ1) is 8.96. The highest BCUT2D eigenvalue weighted by Gasteiger charge is 2.15. The van der Waals surface area contributed by atoms with Crippen molar-refractivity contribution in [3.63, 3.8) is 0 Å². The van der Waals surface area contributed by atoms with Gasteiger partial charge in [-0.3, -0.25) is 0 Å². The zero-order valence-corrected chi connectivity index (χ0v) is 11.6. The lowest BCUT2D eigenvalue weighted by Crippen LogP contribution is -2.08. The summed E-state index contributed by atoms with van der Waals surface area (Å²) in [6.07, 6.45) is 0. The van der Waals surface area contributed by atoms with Gasteiger partial charge in [-0.2, -0.15) is 0 Å². The Morgan fingerprint density at radius 2 is 1.74 bits per heavy atom. The molecule has 0 aliphatic carbocycles. The molecule has 19 heavy (non-hydrogen) atoms. The molecule has 0 aliphatic heterocycles. The molecule has 0 fully saturated rings. The third-order valence-electron chi connectivity index (χ3n) is 2.61. The second-order valence-corrected chi connectivity index (χ2v) is 6.75. The van der Waals surface area contributed by atoms with Gasteiger partial charge >= 0.3 is 0 Å². The first-order valence-corrected chi connectivity index (χ1v) is 7.84. The second-order valence-electron chi connectivity index (χ2n) is 4.25. The van der Waals surface area contributed by atoms with Crippen LogP contribution >= 0.6 is 11.6 Å². The van der Waals surface area contributed by atoms with Crippen LogP contribution < -0.4 is 0 Å². The zero-order valence-electron chi connectivity index (χ0n) is 10.0. The maximum atomic E-state index is 13.4. The lowest BCUT2D eigenvalue weighted by atomic mass is 10.2. The van der Waals surface area contributed by atoms with E-state index in [0.717, 1.165) is 0 Å². The molecule has 0 aromatic heterocycles. The van der Waals surface area contributed by atoms with Crippen molar-refractivity contribution in [3.8, 4) is 0 Å². The monoisotopic (exact) mass is 298 g/mol. The van der Waals surface area contributed by atoms with Gasteiger partial charge in [0.1, 0.15) is 5.82 Å². The third kappa shape index (κ3) is 4.04. The van der Waals surface area contributed by atoms with Gasteiger partial charge in [0, 0.05) is 10.6 Å². The van der Waals surface area contributed by atoms with Crippen molar-refractivity contribution < 1.29 is 12.8 Å². The maximum absolute atomic E-state index is 13.4. The highest BCUT2D eigenvalue weighted by molar-refractivity contribution is 7.89. The summed E-state index contributed by atoms with van der Waals surface area (Å²) in [5.41, 5.74) is 0.786. The summed E-state index contributed by atoms with van der Waals surface area (Å²) in [5.74, 6) is -0.967. The Hall–Kier alpha value is -1.39. The Labute approximate surface area is 116 Å². The molecule has 0 amide bonds. The van der Waals surface area contributed by atoms with Crippen LogP contribution in [0.5, 0.6) is 0 Å². The summed E-state index contributed by atoms with van der Waals surface area (Å²) in [7, 11) is -3.43. The lowest BCUT2D eigenvalue weighted by Gasteiger charge is -2.06. The van der Waals surface area contributed by atoms with Crippen molar-refractivity contribution in [1.29, 1.82) is 0 Å². The molecular formula is C14H12ClFO2S. The molecule has 0 bridgehead atoms. The quantitative estimate of drug-likeness (QED) is 0.864. The molecule has 0 saturated heterocycles. The van der Waals surface area contributed by atoms with Gasteiger partial charge in [0.15, 0.2) is 9.84 Å². The molecule has 100 valence electrons. The standard InChI is InChI=1S/C14H12ClFO2S/c15-13-6-3-4-11(8-13)9-19(17,18)10-12-5-1-2-7-14(12)16/h1-8H,9-10H2. The number of benzene rings is 2. The summed E-state index contributed by atoms with van der Waals surface area (Å²) < 4.78 is 37.5. The zero-order chi connectivity index (χ0) is 13.9. The van der Waals surface area contributed by atoms with Crippen molar-refractivity contribution in [3.05, 3.63) is 70.5 Å². The van der Waals surface area contributed by atoms with Crippen LogP contribution in [0.25, 0.3) is 0 Å². The normalized spacial score (nSPS) is 11.5. The minimum absolute atomic E-state index is 0.151. The molecule has 0 heterocycles. The average molecular weight is 299 g/mol. The third-order valence-corrected chi connectivity index (χ3v) is 4.37. The van der Waals surface area contributed by atoms with Gasteiger partial charge in [0.05, 0.1) is 11.5 Å². The highest BCUT2D eigenvalue weighted by atomic mass is 35.5. The molecule has 2 rings (SSSR count). The maximum Gasteiger partial charge on any atom is 0.158 e. The van der Waals surface area contributed by atoms with Crippen molar-refractivity contribution >= 4 is 21.4 Å². The minimum Gasteiger partial charge on any atom is -0.228 e. The van der Waals surface area contributed by atoms with E-state index >= 15 is 0 Å². The molecule has 0 N–H and O–H groups in total. The van der Waals surface area contributed by atoms with Gasteiger partial charge < -0.3 is 0 Å². The van der Waals surface area contributed by atoms with Gasteiger partial charge in [0.2, 0.25) is 0 Å². The molecule has 2 nitrogen and oxygen atoms in total. The lowest BCUT2D eigenvalue weighted by molar-refractivity contribution is 0.586. The van der Waals surface area contributed by atoms with Crippen LogP contribution in [0.3, 0.4) is 0 Å². The van der Waals surface area contributed by atoms with Crippen LogP contribution in [-0.2, 0) is 21.3 Å². The topological polar surface area (TPSA) is 34.1 Å². The average Bonchev–Trinajstić information content (AvgIpc) is 2.31. The minimum atomic E-state index is -3.43. The highest BCUT2D eigenvalue weighted by Crippen LogP contribution is 2.17. The molecule has 2 aromatic rings. The Morgan fingerprint density at radius 3 is 2.42 bits per heavy atom. The largest absolute Gasteiger partial charge is 0.228 e. The molecule has 0 saturated carbocycles. The molecule has 0 radical (unpaired) electrons. The van der Waals surface area contributed by atoms with Crippen LogP contribution in [0.4, 0.5) is 4.39 Å². The van der Waals surface area contributed by atoms with Gasteiger partial charge in [-0.15, -0.1) is 0 Å². The van der Waals surface area contributed by atoms with E-state index < -0.39 is 15.7 Å². The van der Waals surface area contributed by atoms with Crippen molar-refractivity contribution in [2.75, 3.05) is 0 Å². The van der Waals surface area contributed by atoms with Gasteiger partial charge in [0.25, 0.3) is 0 Å². The molecule has 0 spiro atoms. The van der Waals surface area contributed by atoms with Crippen LogP contribution in [0.2, 0.25) is 5.02 Å². The summed E-state index contributed by atoms with van der Waals surface area (Å²) in [5, 5.41) is 0.485. The molecule has 2 aromatic carbocycles. The van der Waals surface area contributed by atoms with E-state index in [1.807, 2.05) is 0 Å². The predicted octanol–water partition coefficient (Wildman–Crippen LogP) is 3.59. The van der Waals surface area contributed by atoms with Crippen molar-refractivity contribution in [1.82, 2.24) is 0 Å². The molecule has 0 unspecified atom stereocenters. The van der Waals surface area contributed by atoms with Gasteiger partial charge in [-0.25, -0.2) is 12.8 Å². The van der Waals surface area contributed by atoms with Gasteiger partial charge in [-0.1, -0.05) is 41.9 Å². The van der Waals surface area contributed by atoms with E-state index in [0.29, 0.717) is 10.6 Å². The number of rotatable bonds is 4. The van der Waals surface area contributed by atoms with Crippen molar-refractivity contribution in [2.45, 2.75) is 11.5 Å². The fourth-order valence-electron chi connectivity index (χ4n) is 1.78. The molecular weight excluding hydrogens is 287 g/mol. The first-order valence-electron chi connectivity index (χ1n) is 5.64. The van der Waals surface area contributed by atoms with E-state index in [1.165, 1.54) is 18.2 Å². The van der Waals surface area contributed by atoms with Crippen LogP contribution in [0, 0.1) is 5.82 Å². The van der Waals surface area contributed by atoms with Crippen LogP contribution in [0.15, 0.2) is 48.5 Å². The SMILES string of the molecule is O=S(=O)(Cc1cccc(Cl)c1)Cc1ccccc1F. The van der Waals surface area contributed by atoms with E-state index in [-0.39, 0.29) is 17.1 Å². The van der Waals surface area contributed by atoms with Crippen molar-refractivity contribution in [2.24, 2.45) is 0 Å². The Morgan fingerprint density at radius 1 is 1.00 bits per heavy atom. The smallest absolute Gasteiger partial charge is 0.158 e. The predicted molar refractivity (Wildman–Crippen MR) is 74.2 cm³/mol.